The van der Waals surface area contributed by atoms with Crippen LogP contribution in [-0.2, 0) is 11.2 Å². The molecule has 7 nitrogen and oxygen atoms in total. The van der Waals surface area contributed by atoms with E-state index in [1.165, 1.54) is 25.6 Å². The average molecular weight is 411 g/mol. The lowest BCUT2D eigenvalue weighted by Gasteiger charge is -2.08. The fourth-order valence-corrected chi connectivity index (χ4v) is 3.35. The second-order valence-corrected chi connectivity index (χ2v) is 7.15. The lowest BCUT2D eigenvalue weighted by Crippen LogP contribution is -2.15. The molecule has 0 atom stereocenters. The van der Waals surface area contributed by atoms with Crippen LogP contribution < -0.4 is 20.1 Å². The van der Waals surface area contributed by atoms with Crippen LogP contribution in [0.5, 0.6) is 11.5 Å². The molecule has 0 bridgehead atoms. The number of aryl methyl sites for hydroxylation is 1. The van der Waals surface area contributed by atoms with E-state index in [4.69, 9.17) is 9.47 Å². The zero-order valence-electron chi connectivity index (χ0n) is 16.3. The third-order valence-electron chi connectivity index (χ3n) is 4.03. The van der Waals surface area contributed by atoms with Gasteiger partial charge in [-0.25, -0.2) is 4.98 Å². The topological polar surface area (TPSA) is 89.6 Å². The fraction of sp³-hybridized carbons (Fsp3) is 0.190. The summed E-state index contributed by atoms with van der Waals surface area (Å²) in [5.74, 6) is 0.521. The van der Waals surface area contributed by atoms with Gasteiger partial charge in [0, 0.05) is 22.7 Å². The quantitative estimate of drug-likeness (QED) is 0.615. The van der Waals surface area contributed by atoms with Crippen molar-refractivity contribution in [2.45, 2.75) is 13.3 Å². The number of thiazole rings is 1. The van der Waals surface area contributed by atoms with Crippen LogP contribution in [0.4, 0.5) is 10.8 Å². The van der Waals surface area contributed by atoms with Gasteiger partial charge in [-0.1, -0.05) is 12.1 Å². The Labute approximate surface area is 172 Å². The molecule has 8 heteroatoms. The molecular formula is C21H21N3O4S. The largest absolute Gasteiger partial charge is 0.497 e. The summed E-state index contributed by atoms with van der Waals surface area (Å²) in [4.78, 5) is 29.1. The van der Waals surface area contributed by atoms with Crippen molar-refractivity contribution in [3.8, 4) is 11.5 Å². The lowest BCUT2D eigenvalue weighted by atomic mass is 10.2. The molecule has 0 aliphatic heterocycles. The molecule has 0 aliphatic rings. The number of carbonyl (C=O) groups is 2. The third-order valence-corrected chi connectivity index (χ3v) is 4.84. The molecular weight excluding hydrogens is 390 g/mol. The number of hydrogen-bond acceptors (Lipinski definition) is 6. The molecule has 2 N–H and O–H groups in total. The number of nitrogens with one attached hydrogen (secondary N) is 2. The molecule has 0 radical (unpaired) electrons. The predicted molar refractivity (Wildman–Crippen MR) is 113 cm³/mol. The SMILES string of the molecule is COc1cc(OC)cc(C(=O)Nc2nc(CC(=O)Nc3cccc(C)c3)cs2)c1. The van der Waals surface area contributed by atoms with E-state index >= 15 is 0 Å². The smallest absolute Gasteiger partial charge is 0.257 e. The van der Waals surface area contributed by atoms with Crippen LogP contribution >= 0.6 is 11.3 Å². The molecule has 1 aromatic heterocycles. The van der Waals surface area contributed by atoms with Crippen molar-refractivity contribution in [1.29, 1.82) is 0 Å². The van der Waals surface area contributed by atoms with Crippen LogP contribution in [0.25, 0.3) is 0 Å². The molecule has 2 aromatic carbocycles. The van der Waals surface area contributed by atoms with Gasteiger partial charge in [-0.2, -0.15) is 0 Å². The van der Waals surface area contributed by atoms with Crippen molar-refractivity contribution in [3.63, 3.8) is 0 Å². The summed E-state index contributed by atoms with van der Waals surface area (Å²) in [7, 11) is 3.04. The van der Waals surface area contributed by atoms with E-state index in [1.54, 1.807) is 23.6 Å². The Kier molecular flexibility index (Phi) is 6.46. The maximum absolute atomic E-state index is 12.5. The molecule has 150 valence electrons. The van der Waals surface area contributed by atoms with Gasteiger partial charge in [-0.3, -0.25) is 14.9 Å². The number of benzene rings is 2. The van der Waals surface area contributed by atoms with Gasteiger partial charge in [0.05, 0.1) is 26.3 Å². The second kappa shape index (κ2) is 9.20. The predicted octanol–water partition coefficient (Wildman–Crippen LogP) is 3.90. The Hall–Kier alpha value is -3.39. The van der Waals surface area contributed by atoms with Gasteiger partial charge in [0.15, 0.2) is 5.13 Å². The first kappa shape index (κ1) is 20.3. The van der Waals surface area contributed by atoms with Gasteiger partial charge in [0.25, 0.3) is 5.91 Å². The number of hydrogen-bond donors (Lipinski definition) is 2. The lowest BCUT2D eigenvalue weighted by molar-refractivity contribution is -0.115. The van der Waals surface area contributed by atoms with E-state index in [2.05, 4.69) is 15.6 Å². The molecule has 0 spiro atoms. The summed E-state index contributed by atoms with van der Waals surface area (Å²) in [6, 6.07) is 12.5. The number of carbonyl (C=O) groups excluding carboxylic acids is 2. The maximum atomic E-state index is 12.5. The molecule has 0 saturated heterocycles. The number of methoxy groups -OCH3 is 2. The Balaban J connectivity index is 1.62. The first-order valence-electron chi connectivity index (χ1n) is 8.82. The highest BCUT2D eigenvalue weighted by molar-refractivity contribution is 7.14. The Morgan fingerprint density at radius 2 is 1.76 bits per heavy atom. The van der Waals surface area contributed by atoms with E-state index in [9.17, 15) is 9.59 Å². The van der Waals surface area contributed by atoms with Crippen molar-refractivity contribution < 1.29 is 19.1 Å². The summed E-state index contributed by atoms with van der Waals surface area (Å²) in [5.41, 5.74) is 2.77. The zero-order valence-corrected chi connectivity index (χ0v) is 17.1. The molecule has 0 fully saturated rings. The number of rotatable bonds is 7. The van der Waals surface area contributed by atoms with E-state index in [0.717, 1.165) is 11.3 Å². The van der Waals surface area contributed by atoms with E-state index in [0.29, 0.717) is 27.9 Å². The van der Waals surface area contributed by atoms with Crippen molar-refractivity contribution in [1.82, 2.24) is 4.98 Å². The Morgan fingerprint density at radius 3 is 2.41 bits per heavy atom. The first-order valence-corrected chi connectivity index (χ1v) is 9.70. The Bertz CT molecular complexity index is 1010. The summed E-state index contributed by atoms with van der Waals surface area (Å²) < 4.78 is 10.4. The van der Waals surface area contributed by atoms with Crippen LogP contribution in [0.2, 0.25) is 0 Å². The highest BCUT2D eigenvalue weighted by Gasteiger charge is 2.13. The summed E-state index contributed by atoms with van der Waals surface area (Å²) in [5, 5.41) is 7.74. The fourth-order valence-electron chi connectivity index (χ4n) is 2.65. The summed E-state index contributed by atoms with van der Waals surface area (Å²) in [6.07, 6.45) is 0.118. The van der Waals surface area contributed by atoms with Crippen LogP contribution in [0.1, 0.15) is 21.6 Å². The van der Waals surface area contributed by atoms with Gasteiger partial charge < -0.3 is 14.8 Å². The highest BCUT2D eigenvalue weighted by atomic mass is 32.1. The van der Waals surface area contributed by atoms with Crippen LogP contribution in [0.15, 0.2) is 47.8 Å². The van der Waals surface area contributed by atoms with Crippen LogP contribution in [0.3, 0.4) is 0 Å². The zero-order chi connectivity index (χ0) is 20.8. The molecule has 0 aliphatic carbocycles. The van der Waals surface area contributed by atoms with Gasteiger partial charge in [0.1, 0.15) is 11.5 Å². The minimum atomic E-state index is -0.340. The standard InChI is InChI=1S/C21H21N3O4S/c1-13-5-4-6-15(7-13)22-19(25)10-16-12-29-21(23-16)24-20(26)14-8-17(27-2)11-18(9-14)28-3/h4-9,11-12H,10H2,1-3H3,(H,22,25)(H,23,24,26). The highest BCUT2D eigenvalue weighted by Crippen LogP contribution is 2.24. The number of anilines is 2. The second-order valence-electron chi connectivity index (χ2n) is 6.29. The molecule has 1 heterocycles. The minimum absolute atomic E-state index is 0.118. The van der Waals surface area contributed by atoms with Crippen molar-refractivity contribution >= 4 is 34.0 Å². The van der Waals surface area contributed by atoms with Gasteiger partial charge in [0.2, 0.25) is 5.91 Å². The van der Waals surface area contributed by atoms with Gasteiger partial charge >= 0.3 is 0 Å². The minimum Gasteiger partial charge on any atom is -0.497 e. The number of nitrogens with zero attached hydrogens (tertiary/aromatic N) is 1. The van der Waals surface area contributed by atoms with E-state index in [1.807, 2.05) is 31.2 Å². The molecule has 0 saturated carbocycles. The van der Waals surface area contributed by atoms with E-state index < -0.39 is 0 Å². The van der Waals surface area contributed by atoms with Gasteiger partial charge in [-0.05, 0) is 36.8 Å². The number of ether oxygens (including phenoxy) is 2. The normalized spacial score (nSPS) is 10.3. The van der Waals surface area contributed by atoms with E-state index in [-0.39, 0.29) is 18.2 Å². The monoisotopic (exact) mass is 411 g/mol. The maximum Gasteiger partial charge on any atom is 0.257 e. The first-order chi connectivity index (χ1) is 14.0. The number of amides is 2. The summed E-state index contributed by atoms with van der Waals surface area (Å²) in [6.45, 7) is 1.96. The van der Waals surface area contributed by atoms with Crippen LogP contribution in [0, 0.1) is 6.92 Å². The molecule has 29 heavy (non-hydrogen) atoms. The average Bonchev–Trinajstić information content (AvgIpc) is 3.13. The van der Waals surface area contributed by atoms with Crippen molar-refractivity contribution in [2.75, 3.05) is 24.9 Å². The third kappa shape index (κ3) is 5.55. The number of aromatic nitrogens is 1. The molecule has 3 aromatic rings. The van der Waals surface area contributed by atoms with Gasteiger partial charge in [-0.15, -0.1) is 11.3 Å². The summed E-state index contributed by atoms with van der Waals surface area (Å²) >= 11 is 1.26. The van der Waals surface area contributed by atoms with Crippen LogP contribution in [-0.4, -0.2) is 31.0 Å². The molecule has 0 unspecified atom stereocenters. The molecule has 3 rings (SSSR count). The Morgan fingerprint density at radius 1 is 1.03 bits per heavy atom. The molecule has 2 amide bonds. The van der Waals surface area contributed by atoms with Crippen molar-refractivity contribution in [3.05, 3.63) is 64.7 Å². The van der Waals surface area contributed by atoms with Crippen molar-refractivity contribution in [2.24, 2.45) is 0 Å².